The number of primary amides is 1. The Hall–Kier alpha value is -3.60. The number of carboxylic acid groups (broad SMARTS) is 2. The summed E-state index contributed by atoms with van der Waals surface area (Å²) in [7, 11) is 0. The van der Waals surface area contributed by atoms with Gasteiger partial charge in [-0.2, -0.15) is 12.6 Å². The standard InChI is InChI=1S/C17H30N8O8S/c18-7(2-1-3-22-17(20)21)13(29)23-8(4-11(19)26)14(30)24-9(5-12(27)28)15(31)25-10(6-34)16(32)33/h7-10,34H,1-6,18H2,(H2,19,26)(H,23,29)(H,24,30)(H,25,31)(H,27,28)(H,32,33)(H4,20,21,22). The largest absolute Gasteiger partial charge is 0.481 e. The van der Waals surface area contributed by atoms with Crippen LogP contribution in [0.15, 0.2) is 4.99 Å². The minimum absolute atomic E-state index is 0.123. The van der Waals surface area contributed by atoms with E-state index in [9.17, 15) is 28.8 Å². The summed E-state index contributed by atoms with van der Waals surface area (Å²) in [4.78, 5) is 74.6. The minimum Gasteiger partial charge on any atom is -0.481 e. The van der Waals surface area contributed by atoms with Crippen molar-refractivity contribution in [2.75, 3.05) is 12.3 Å². The van der Waals surface area contributed by atoms with Crippen molar-refractivity contribution in [3.05, 3.63) is 0 Å². The van der Waals surface area contributed by atoms with Crippen LogP contribution in [0.2, 0.25) is 0 Å². The molecule has 0 heterocycles. The van der Waals surface area contributed by atoms with E-state index < -0.39 is 72.6 Å². The van der Waals surface area contributed by atoms with Crippen LogP contribution in [-0.2, 0) is 28.8 Å². The van der Waals surface area contributed by atoms with Crippen molar-refractivity contribution >= 4 is 54.2 Å². The molecule has 0 fully saturated rings. The fourth-order valence-electron chi connectivity index (χ4n) is 2.45. The Bertz CT molecular complexity index is 804. The number of amides is 4. The third-order valence-electron chi connectivity index (χ3n) is 4.15. The highest BCUT2D eigenvalue weighted by Crippen LogP contribution is 2.02. The number of carbonyl (C=O) groups is 6. The van der Waals surface area contributed by atoms with Gasteiger partial charge < -0.3 is 49.1 Å². The number of carbonyl (C=O) groups excluding carboxylic acids is 4. The lowest BCUT2D eigenvalue weighted by Gasteiger charge is -2.23. The maximum atomic E-state index is 12.6. The molecule has 0 aromatic heterocycles. The van der Waals surface area contributed by atoms with E-state index in [0.29, 0.717) is 6.42 Å². The summed E-state index contributed by atoms with van der Waals surface area (Å²) < 4.78 is 0. The molecule has 4 unspecified atom stereocenters. The van der Waals surface area contributed by atoms with Crippen molar-refractivity contribution in [2.24, 2.45) is 27.9 Å². The van der Waals surface area contributed by atoms with E-state index in [2.05, 4.69) is 28.3 Å². The molecule has 34 heavy (non-hydrogen) atoms. The molecule has 0 spiro atoms. The SMILES string of the molecule is NC(=O)CC(NC(=O)C(N)CCCN=C(N)N)C(=O)NC(CC(=O)O)C(=O)NC(CS)C(=O)O. The van der Waals surface area contributed by atoms with Crippen LogP contribution in [-0.4, -0.2) is 88.2 Å². The number of thiol groups is 1. The van der Waals surface area contributed by atoms with Crippen molar-refractivity contribution in [1.82, 2.24) is 16.0 Å². The van der Waals surface area contributed by atoms with E-state index in [4.69, 9.17) is 33.1 Å². The summed E-state index contributed by atoms with van der Waals surface area (Å²) in [5, 5.41) is 24.4. The van der Waals surface area contributed by atoms with Crippen LogP contribution in [0.1, 0.15) is 25.7 Å². The van der Waals surface area contributed by atoms with E-state index >= 15 is 0 Å². The van der Waals surface area contributed by atoms with Gasteiger partial charge >= 0.3 is 11.9 Å². The van der Waals surface area contributed by atoms with E-state index in [1.807, 2.05) is 5.32 Å². The third-order valence-corrected chi connectivity index (χ3v) is 4.52. The number of carboxylic acids is 2. The van der Waals surface area contributed by atoms with E-state index in [1.165, 1.54) is 0 Å². The first kappa shape index (κ1) is 30.4. The second-order valence-electron chi connectivity index (χ2n) is 7.03. The molecule has 0 bridgehead atoms. The Morgan fingerprint density at radius 3 is 1.76 bits per heavy atom. The van der Waals surface area contributed by atoms with Crippen LogP contribution >= 0.6 is 12.6 Å². The molecular weight excluding hydrogens is 476 g/mol. The lowest BCUT2D eigenvalue weighted by atomic mass is 10.1. The fourth-order valence-corrected chi connectivity index (χ4v) is 2.70. The number of nitrogens with two attached hydrogens (primary N) is 4. The molecule has 13 N–H and O–H groups in total. The van der Waals surface area contributed by atoms with Gasteiger partial charge in [0.05, 0.1) is 18.9 Å². The van der Waals surface area contributed by atoms with Crippen LogP contribution in [0.25, 0.3) is 0 Å². The van der Waals surface area contributed by atoms with Gasteiger partial charge in [-0.3, -0.25) is 29.0 Å². The number of aliphatic imine (C=N–C) groups is 1. The molecule has 4 amide bonds. The maximum Gasteiger partial charge on any atom is 0.327 e. The predicted molar refractivity (Wildman–Crippen MR) is 121 cm³/mol. The first-order valence-electron chi connectivity index (χ1n) is 9.84. The molecule has 0 aliphatic rings. The number of guanidine groups is 1. The molecule has 0 radical (unpaired) electrons. The minimum atomic E-state index is -1.73. The fraction of sp³-hybridized carbons (Fsp3) is 0.588. The molecule has 0 rings (SSSR count). The van der Waals surface area contributed by atoms with Crippen molar-refractivity contribution in [3.63, 3.8) is 0 Å². The number of nitrogens with zero attached hydrogens (tertiary/aromatic N) is 1. The summed E-state index contributed by atoms with van der Waals surface area (Å²) in [6.45, 7) is 0.199. The summed E-state index contributed by atoms with van der Waals surface area (Å²) in [6, 6.07) is -5.88. The molecule has 4 atom stereocenters. The number of hydrogen-bond acceptors (Lipinski definition) is 9. The predicted octanol–water partition coefficient (Wildman–Crippen LogP) is -4.81. The molecule has 0 aliphatic heterocycles. The Balaban J connectivity index is 5.35. The van der Waals surface area contributed by atoms with Gasteiger partial charge in [0.15, 0.2) is 5.96 Å². The molecule has 0 saturated heterocycles. The Morgan fingerprint density at radius 1 is 0.824 bits per heavy atom. The van der Waals surface area contributed by atoms with Crippen molar-refractivity contribution in [2.45, 2.75) is 49.9 Å². The van der Waals surface area contributed by atoms with Gasteiger partial charge in [-0.15, -0.1) is 0 Å². The van der Waals surface area contributed by atoms with Crippen LogP contribution < -0.4 is 38.9 Å². The van der Waals surface area contributed by atoms with Crippen LogP contribution in [0.5, 0.6) is 0 Å². The highest BCUT2D eigenvalue weighted by Gasteiger charge is 2.32. The highest BCUT2D eigenvalue weighted by atomic mass is 32.1. The van der Waals surface area contributed by atoms with E-state index in [1.54, 1.807) is 0 Å². The zero-order chi connectivity index (χ0) is 26.4. The van der Waals surface area contributed by atoms with Crippen molar-refractivity contribution < 1.29 is 39.0 Å². The lowest BCUT2D eigenvalue weighted by molar-refractivity contribution is -0.143. The van der Waals surface area contributed by atoms with Gasteiger partial charge in [0.25, 0.3) is 0 Å². The quantitative estimate of drug-likeness (QED) is 0.0410. The highest BCUT2D eigenvalue weighted by molar-refractivity contribution is 7.80. The normalized spacial score (nSPS) is 13.9. The van der Waals surface area contributed by atoms with Crippen LogP contribution in [0.4, 0.5) is 0 Å². The summed E-state index contributed by atoms with van der Waals surface area (Å²) in [5.41, 5.74) is 21.2. The first-order chi connectivity index (χ1) is 15.8. The average molecular weight is 507 g/mol. The second kappa shape index (κ2) is 15.3. The number of hydrogen-bond donors (Lipinski definition) is 10. The van der Waals surface area contributed by atoms with Gasteiger partial charge in [-0.25, -0.2) is 4.79 Å². The van der Waals surface area contributed by atoms with Crippen molar-refractivity contribution in [3.8, 4) is 0 Å². The summed E-state index contributed by atoms with van der Waals surface area (Å²) in [6.07, 6.45) is -1.15. The molecule has 0 aromatic rings. The average Bonchev–Trinajstić information content (AvgIpc) is 2.72. The monoisotopic (exact) mass is 506 g/mol. The van der Waals surface area contributed by atoms with Gasteiger partial charge in [0.1, 0.15) is 18.1 Å². The third kappa shape index (κ3) is 12.4. The number of rotatable bonds is 16. The Labute approximate surface area is 199 Å². The summed E-state index contributed by atoms with van der Waals surface area (Å²) in [5.74, 6) is -7.42. The molecule has 192 valence electrons. The molecular formula is C17H30N8O8S. The van der Waals surface area contributed by atoms with Gasteiger partial charge in [0, 0.05) is 12.3 Å². The molecule has 0 aromatic carbocycles. The summed E-state index contributed by atoms with van der Waals surface area (Å²) >= 11 is 3.78. The zero-order valence-corrected chi connectivity index (χ0v) is 19.0. The number of nitrogens with one attached hydrogen (secondary N) is 3. The molecule has 16 nitrogen and oxygen atoms in total. The second-order valence-corrected chi connectivity index (χ2v) is 7.39. The number of aliphatic carboxylic acids is 2. The van der Waals surface area contributed by atoms with Crippen LogP contribution in [0.3, 0.4) is 0 Å². The maximum absolute atomic E-state index is 12.6. The smallest absolute Gasteiger partial charge is 0.327 e. The van der Waals surface area contributed by atoms with E-state index in [-0.39, 0.29) is 24.7 Å². The van der Waals surface area contributed by atoms with Crippen molar-refractivity contribution in [1.29, 1.82) is 0 Å². The first-order valence-corrected chi connectivity index (χ1v) is 10.5. The van der Waals surface area contributed by atoms with Gasteiger partial charge in [0.2, 0.25) is 23.6 Å². The molecule has 17 heteroatoms. The molecule has 0 aliphatic carbocycles. The Kier molecular flexibility index (Phi) is 13.7. The van der Waals surface area contributed by atoms with Gasteiger partial charge in [-0.05, 0) is 12.8 Å². The Morgan fingerprint density at radius 2 is 1.32 bits per heavy atom. The topological polar surface area (TPSA) is 295 Å². The van der Waals surface area contributed by atoms with Crippen LogP contribution in [0, 0.1) is 0 Å². The zero-order valence-electron chi connectivity index (χ0n) is 18.1. The molecule has 0 saturated carbocycles. The van der Waals surface area contributed by atoms with Gasteiger partial charge in [-0.1, -0.05) is 0 Å². The van der Waals surface area contributed by atoms with E-state index in [0.717, 1.165) is 0 Å². The lowest BCUT2D eigenvalue weighted by Crippen LogP contribution is -2.58.